The van der Waals surface area contributed by atoms with Gasteiger partial charge in [-0.05, 0) is 61.9 Å². The standard InChI is InChI=1S/C27H26F6N2O2/c28-26(29,30)18-5-7-20-21(9-18)34-11-22(20)35-12-16-3-4-17(13-35)25(16)37-23-8-6-19(27(31,32)33)10-24(23)36-14-15-1-2-15/h5-11,15-17,25,34H,1-4,12-14H2. The van der Waals surface area contributed by atoms with Gasteiger partial charge in [-0.25, -0.2) is 0 Å². The molecular formula is C27H26F6N2O2. The third kappa shape index (κ3) is 4.82. The van der Waals surface area contributed by atoms with E-state index in [2.05, 4.69) is 9.88 Å². The van der Waals surface area contributed by atoms with Crippen molar-refractivity contribution in [1.29, 1.82) is 0 Å². The van der Waals surface area contributed by atoms with E-state index in [9.17, 15) is 26.3 Å². The fourth-order valence-electron chi connectivity index (χ4n) is 5.64. The van der Waals surface area contributed by atoms with Gasteiger partial charge in [0.05, 0.1) is 23.4 Å². The molecule has 10 heteroatoms. The average molecular weight is 525 g/mol. The maximum absolute atomic E-state index is 13.3. The van der Waals surface area contributed by atoms with Gasteiger partial charge < -0.3 is 19.4 Å². The van der Waals surface area contributed by atoms with Gasteiger partial charge in [-0.15, -0.1) is 0 Å². The molecule has 2 aliphatic carbocycles. The number of aromatic nitrogens is 1. The fourth-order valence-corrected chi connectivity index (χ4v) is 5.64. The Labute approximate surface area is 209 Å². The predicted molar refractivity (Wildman–Crippen MR) is 126 cm³/mol. The molecule has 2 unspecified atom stereocenters. The van der Waals surface area contributed by atoms with Crippen LogP contribution in [0.5, 0.6) is 11.5 Å². The van der Waals surface area contributed by atoms with Crippen LogP contribution in [0.2, 0.25) is 0 Å². The van der Waals surface area contributed by atoms with Crippen molar-refractivity contribution in [2.75, 3.05) is 24.6 Å². The van der Waals surface area contributed by atoms with Gasteiger partial charge in [-0.1, -0.05) is 6.07 Å². The molecule has 3 aromatic rings. The minimum absolute atomic E-state index is 0.126. The van der Waals surface area contributed by atoms with Gasteiger partial charge in [-0.3, -0.25) is 0 Å². The number of ether oxygens (including phenoxy) is 2. The molecule has 2 atom stereocenters. The lowest BCUT2D eigenvalue weighted by molar-refractivity contribution is -0.138. The first-order valence-electron chi connectivity index (χ1n) is 12.5. The Hall–Kier alpha value is -3.04. The summed E-state index contributed by atoms with van der Waals surface area (Å²) in [6, 6.07) is 7.12. The van der Waals surface area contributed by atoms with Crippen LogP contribution in [0.3, 0.4) is 0 Å². The molecule has 2 aromatic carbocycles. The molecular weight excluding hydrogens is 498 g/mol. The van der Waals surface area contributed by atoms with Crippen molar-refractivity contribution < 1.29 is 35.8 Å². The Balaban J connectivity index is 1.21. The van der Waals surface area contributed by atoms with Crippen LogP contribution in [-0.4, -0.2) is 30.8 Å². The van der Waals surface area contributed by atoms with Crippen LogP contribution in [0, 0.1) is 17.8 Å². The Bertz CT molecular complexity index is 1280. The maximum Gasteiger partial charge on any atom is 0.416 e. The smallest absolute Gasteiger partial charge is 0.416 e. The zero-order chi connectivity index (χ0) is 25.9. The van der Waals surface area contributed by atoms with Crippen LogP contribution in [0.25, 0.3) is 10.9 Å². The largest absolute Gasteiger partial charge is 0.489 e. The molecule has 198 valence electrons. The van der Waals surface area contributed by atoms with E-state index in [4.69, 9.17) is 9.47 Å². The van der Waals surface area contributed by atoms with Gasteiger partial charge in [-0.2, -0.15) is 26.3 Å². The van der Waals surface area contributed by atoms with E-state index < -0.39 is 23.5 Å². The molecule has 0 amide bonds. The third-order valence-corrected chi connectivity index (χ3v) is 7.78. The van der Waals surface area contributed by atoms with Crippen molar-refractivity contribution in [3.05, 3.63) is 53.7 Å². The van der Waals surface area contributed by atoms with Crippen molar-refractivity contribution >= 4 is 16.6 Å². The van der Waals surface area contributed by atoms with E-state index >= 15 is 0 Å². The first kappa shape index (κ1) is 24.3. The molecule has 1 aromatic heterocycles. The van der Waals surface area contributed by atoms with Gasteiger partial charge in [0.25, 0.3) is 0 Å². The van der Waals surface area contributed by atoms with Crippen LogP contribution in [0.15, 0.2) is 42.6 Å². The number of rotatable bonds is 6. The number of aromatic amines is 1. The number of anilines is 1. The van der Waals surface area contributed by atoms with E-state index in [1.807, 2.05) is 0 Å². The monoisotopic (exact) mass is 524 g/mol. The summed E-state index contributed by atoms with van der Waals surface area (Å²) >= 11 is 0. The lowest BCUT2D eigenvalue weighted by Crippen LogP contribution is -2.47. The molecule has 3 fully saturated rings. The lowest BCUT2D eigenvalue weighted by atomic mass is 9.94. The third-order valence-electron chi connectivity index (χ3n) is 7.78. The van der Waals surface area contributed by atoms with E-state index in [-0.39, 0.29) is 23.7 Å². The summed E-state index contributed by atoms with van der Waals surface area (Å²) in [7, 11) is 0. The molecule has 3 aliphatic rings. The number of fused-ring (bicyclic) bond motifs is 3. The molecule has 0 radical (unpaired) electrons. The highest BCUT2D eigenvalue weighted by molar-refractivity contribution is 5.93. The van der Waals surface area contributed by atoms with Gasteiger partial charge in [0, 0.05) is 42.0 Å². The number of halogens is 6. The summed E-state index contributed by atoms with van der Waals surface area (Å²) in [6.07, 6.45) is -3.46. The number of hydrogen-bond acceptors (Lipinski definition) is 3. The highest BCUT2D eigenvalue weighted by Gasteiger charge is 2.45. The molecule has 6 rings (SSSR count). The molecule has 2 bridgehead atoms. The highest BCUT2D eigenvalue weighted by Crippen LogP contribution is 2.45. The SMILES string of the molecule is FC(F)(F)c1ccc(OC2C3CCC2CN(c2c[nH]c4cc(C(F)(F)F)ccc24)C3)c(OCC2CC2)c1. The highest BCUT2D eigenvalue weighted by atomic mass is 19.4. The number of nitrogens with one attached hydrogen (secondary N) is 1. The molecule has 1 N–H and O–H groups in total. The van der Waals surface area contributed by atoms with E-state index in [1.165, 1.54) is 12.1 Å². The zero-order valence-electron chi connectivity index (χ0n) is 19.8. The number of nitrogens with zero attached hydrogens (tertiary/aromatic N) is 1. The summed E-state index contributed by atoms with van der Waals surface area (Å²) in [5.41, 5.74) is -0.187. The Kier molecular flexibility index (Phi) is 5.76. The number of piperidine rings is 1. The first-order valence-corrected chi connectivity index (χ1v) is 12.5. The Morgan fingerprint density at radius 1 is 0.811 bits per heavy atom. The number of hydrogen-bond donors (Lipinski definition) is 1. The molecule has 37 heavy (non-hydrogen) atoms. The van der Waals surface area contributed by atoms with Gasteiger partial charge in [0.1, 0.15) is 6.10 Å². The zero-order valence-corrected chi connectivity index (χ0v) is 19.8. The fraction of sp³-hybridized carbons (Fsp3) is 0.481. The summed E-state index contributed by atoms with van der Waals surface area (Å²) in [4.78, 5) is 5.14. The maximum atomic E-state index is 13.3. The Morgan fingerprint density at radius 2 is 1.46 bits per heavy atom. The van der Waals surface area contributed by atoms with Crippen LogP contribution in [0.4, 0.5) is 32.0 Å². The number of alkyl halides is 6. The van der Waals surface area contributed by atoms with E-state index in [0.717, 1.165) is 61.0 Å². The van der Waals surface area contributed by atoms with Gasteiger partial charge >= 0.3 is 12.4 Å². The van der Waals surface area contributed by atoms with Crippen LogP contribution in [-0.2, 0) is 12.4 Å². The topological polar surface area (TPSA) is 37.5 Å². The molecule has 1 saturated heterocycles. The summed E-state index contributed by atoms with van der Waals surface area (Å²) in [5, 5.41) is 0.727. The van der Waals surface area contributed by atoms with Crippen LogP contribution in [0.1, 0.15) is 36.8 Å². The van der Waals surface area contributed by atoms with Gasteiger partial charge in [0.2, 0.25) is 0 Å². The number of benzene rings is 2. The van der Waals surface area contributed by atoms with Crippen molar-refractivity contribution in [3.8, 4) is 11.5 Å². The van der Waals surface area contributed by atoms with E-state index in [1.54, 1.807) is 6.20 Å². The second kappa shape index (κ2) is 8.77. The van der Waals surface area contributed by atoms with Crippen molar-refractivity contribution in [2.24, 2.45) is 17.8 Å². The molecule has 2 heterocycles. The second-order valence-electron chi connectivity index (χ2n) is 10.4. The predicted octanol–water partition coefficient (Wildman–Crippen LogP) is 7.29. The quantitative estimate of drug-likeness (QED) is 0.344. The van der Waals surface area contributed by atoms with Crippen molar-refractivity contribution in [2.45, 2.75) is 44.1 Å². The lowest BCUT2D eigenvalue weighted by Gasteiger charge is -2.39. The second-order valence-corrected chi connectivity index (χ2v) is 10.4. The minimum Gasteiger partial charge on any atom is -0.489 e. The molecule has 4 nitrogen and oxygen atoms in total. The normalized spacial score (nSPS) is 24.1. The first-order chi connectivity index (χ1) is 17.6. The minimum atomic E-state index is -4.47. The van der Waals surface area contributed by atoms with Gasteiger partial charge in [0.15, 0.2) is 11.5 Å². The summed E-state index contributed by atoms with van der Waals surface area (Å²) in [5.74, 6) is 1.11. The summed E-state index contributed by atoms with van der Waals surface area (Å²) < 4.78 is 91.4. The number of H-pyrrole nitrogens is 1. The van der Waals surface area contributed by atoms with Crippen LogP contribution >= 0.6 is 0 Å². The molecule has 2 saturated carbocycles. The average Bonchev–Trinajstić information content (AvgIpc) is 3.53. The van der Waals surface area contributed by atoms with Crippen LogP contribution < -0.4 is 14.4 Å². The molecule has 1 aliphatic heterocycles. The van der Waals surface area contributed by atoms with E-state index in [0.29, 0.717) is 36.9 Å². The Morgan fingerprint density at radius 3 is 2.11 bits per heavy atom. The van der Waals surface area contributed by atoms with Crippen molar-refractivity contribution in [3.63, 3.8) is 0 Å². The molecule has 0 spiro atoms. The van der Waals surface area contributed by atoms with Crippen molar-refractivity contribution in [1.82, 2.24) is 4.98 Å². The summed E-state index contributed by atoms with van der Waals surface area (Å²) in [6.45, 7) is 1.67.